The third-order valence-electron chi connectivity index (χ3n) is 4.40. The Labute approximate surface area is 149 Å². The van der Waals surface area contributed by atoms with Crippen molar-refractivity contribution in [2.24, 2.45) is 11.8 Å². The number of rotatable bonds is 5. The van der Waals surface area contributed by atoms with Crippen LogP contribution < -0.4 is 0 Å². The quantitative estimate of drug-likeness (QED) is 0.747. The number of carbonyl (C=O) groups excluding carboxylic acids is 2. The molecule has 1 aromatic rings. The van der Waals surface area contributed by atoms with E-state index in [0.29, 0.717) is 24.9 Å². The largest absolute Gasteiger partial charge is 0.451 e. The van der Waals surface area contributed by atoms with Gasteiger partial charge in [0.05, 0.1) is 10.5 Å². The molecular formula is C18H25NO5S. The molecule has 7 heteroatoms. The third-order valence-corrected chi connectivity index (χ3v) is 6.23. The third kappa shape index (κ3) is 4.67. The number of ketones is 1. The van der Waals surface area contributed by atoms with E-state index in [1.165, 1.54) is 42.4 Å². The van der Waals surface area contributed by atoms with Crippen LogP contribution in [0.1, 0.15) is 44.5 Å². The fourth-order valence-electron chi connectivity index (χ4n) is 3.05. The van der Waals surface area contributed by atoms with Gasteiger partial charge in [-0.25, -0.2) is 13.2 Å². The van der Waals surface area contributed by atoms with E-state index in [1.54, 1.807) is 0 Å². The van der Waals surface area contributed by atoms with Gasteiger partial charge >= 0.3 is 5.97 Å². The van der Waals surface area contributed by atoms with Gasteiger partial charge in [-0.1, -0.05) is 19.9 Å². The number of benzene rings is 1. The van der Waals surface area contributed by atoms with Crippen LogP contribution in [0.2, 0.25) is 0 Å². The zero-order valence-corrected chi connectivity index (χ0v) is 15.9. The monoisotopic (exact) mass is 367 g/mol. The van der Waals surface area contributed by atoms with E-state index in [2.05, 4.69) is 0 Å². The Morgan fingerprint density at radius 3 is 2.36 bits per heavy atom. The second kappa shape index (κ2) is 7.66. The molecule has 6 nitrogen and oxygen atoms in total. The van der Waals surface area contributed by atoms with Gasteiger partial charge in [0.15, 0.2) is 11.9 Å². The van der Waals surface area contributed by atoms with Gasteiger partial charge in [-0.15, -0.1) is 0 Å². The number of hydrogen-bond donors (Lipinski definition) is 0. The first-order chi connectivity index (χ1) is 11.6. The van der Waals surface area contributed by atoms with Gasteiger partial charge in [-0.2, -0.15) is 4.31 Å². The smallest absolute Gasteiger partial charge is 0.338 e. The summed E-state index contributed by atoms with van der Waals surface area (Å²) in [6, 6.07) is 5.79. The molecule has 1 aromatic carbocycles. The lowest BCUT2D eigenvalue weighted by molar-refractivity contribution is -0.124. The Morgan fingerprint density at radius 2 is 1.80 bits per heavy atom. The Kier molecular flexibility index (Phi) is 6.00. The molecule has 3 unspecified atom stereocenters. The summed E-state index contributed by atoms with van der Waals surface area (Å²) in [5, 5.41) is 0. The van der Waals surface area contributed by atoms with Crippen LogP contribution in [0.25, 0.3) is 0 Å². The van der Waals surface area contributed by atoms with Crippen LogP contribution in [0.15, 0.2) is 29.2 Å². The number of piperidine rings is 1. The van der Waals surface area contributed by atoms with Gasteiger partial charge < -0.3 is 4.74 Å². The number of sulfonamides is 1. The molecule has 0 N–H and O–H groups in total. The molecule has 0 spiro atoms. The SMILES string of the molecule is CC(=O)C(C)OC(=O)c1cccc(S(=O)(=O)N2CC(C)CC(C)C2)c1. The van der Waals surface area contributed by atoms with E-state index in [0.717, 1.165) is 6.42 Å². The minimum Gasteiger partial charge on any atom is -0.451 e. The molecule has 0 saturated carbocycles. The summed E-state index contributed by atoms with van der Waals surface area (Å²) in [5.41, 5.74) is 0.118. The Morgan fingerprint density at radius 1 is 1.20 bits per heavy atom. The van der Waals surface area contributed by atoms with Crippen molar-refractivity contribution < 1.29 is 22.7 Å². The molecule has 0 bridgehead atoms. The second-order valence-corrected chi connectivity index (χ2v) is 8.89. The zero-order chi connectivity index (χ0) is 18.8. The first kappa shape index (κ1) is 19.6. The Bertz CT molecular complexity index is 748. The lowest BCUT2D eigenvalue weighted by Crippen LogP contribution is -2.42. The van der Waals surface area contributed by atoms with Crippen LogP contribution in [-0.4, -0.2) is 43.7 Å². The van der Waals surface area contributed by atoms with Crippen molar-refractivity contribution in [3.63, 3.8) is 0 Å². The molecule has 0 amide bonds. The van der Waals surface area contributed by atoms with E-state index in [4.69, 9.17) is 4.74 Å². The molecule has 0 aromatic heterocycles. The van der Waals surface area contributed by atoms with Crippen molar-refractivity contribution in [3.05, 3.63) is 29.8 Å². The maximum absolute atomic E-state index is 12.9. The zero-order valence-electron chi connectivity index (χ0n) is 15.1. The summed E-state index contributed by atoms with van der Waals surface area (Å²) in [7, 11) is -3.67. The topological polar surface area (TPSA) is 80.8 Å². The molecular weight excluding hydrogens is 342 g/mol. The number of esters is 1. The van der Waals surface area contributed by atoms with E-state index in [9.17, 15) is 18.0 Å². The first-order valence-corrected chi connectivity index (χ1v) is 9.87. The van der Waals surface area contributed by atoms with Crippen molar-refractivity contribution >= 4 is 21.8 Å². The minimum absolute atomic E-state index is 0.0683. The van der Waals surface area contributed by atoms with Crippen molar-refractivity contribution in [2.75, 3.05) is 13.1 Å². The van der Waals surface area contributed by atoms with Gasteiger partial charge in [-0.3, -0.25) is 4.79 Å². The van der Waals surface area contributed by atoms with Crippen LogP contribution in [0.3, 0.4) is 0 Å². The first-order valence-electron chi connectivity index (χ1n) is 8.43. The molecule has 0 aliphatic carbocycles. The number of ether oxygens (including phenoxy) is 1. The normalized spacial score (nSPS) is 23.0. The van der Waals surface area contributed by atoms with Crippen LogP contribution in [0.4, 0.5) is 0 Å². The predicted octanol–water partition coefficient (Wildman–Crippen LogP) is 2.49. The summed E-state index contributed by atoms with van der Waals surface area (Å²) in [4.78, 5) is 23.4. The molecule has 1 saturated heterocycles. The highest BCUT2D eigenvalue weighted by Crippen LogP contribution is 2.27. The minimum atomic E-state index is -3.67. The van der Waals surface area contributed by atoms with Crippen LogP contribution in [0, 0.1) is 11.8 Å². The molecule has 1 heterocycles. The lowest BCUT2D eigenvalue weighted by atomic mass is 9.94. The Hall–Kier alpha value is -1.73. The van der Waals surface area contributed by atoms with Crippen molar-refractivity contribution in [1.29, 1.82) is 0 Å². The molecule has 1 aliphatic heterocycles. The molecule has 25 heavy (non-hydrogen) atoms. The van der Waals surface area contributed by atoms with Gasteiger partial charge in [0.2, 0.25) is 10.0 Å². The molecule has 0 radical (unpaired) electrons. The van der Waals surface area contributed by atoms with Gasteiger partial charge in [-0.05, 0) is 50.3 Å². The molecule has 1 aliphatic rings. The molecule has 138 valence electrons. The van der Waals surface area contributed by atoms with Crippen LogP contribution in [-0.2, 0) is 19.6 Å². The number of carbonyl (C=O) groups is 2. The number of hydrogen-bond acceptors (Lipinski definition) is 5. The van der Waals surface area contributed by atoms with E-state index in [-0.39, 0.29) is 16.2 Å². The summed E-state index contributed by atoms with van der Waals surface area (Å²) in [6.07, 6.45) is 0.137. The lowest BCUT2D eigenvalue weighted by Gasteiger charge is -2.34. The standard InChI is InChI=1S/C18H25NO5S/c1-12-8-13(2)11-19(10-12)25(22,23)17-7-5-6-16(9-17)18(21)24-15(4)14(3)20/h5-7,9,12-13,15H,8,10-11H2,1-4H3. The maximum Gasteiger partial charge on any atom is 0.338 e. The maximum atomic E-state index is 12.9. The van der Waals surface area contributed by atoms with Crippen molar-refractivity contribution in [2.45, 2.75) is 45.1 Å². The summed E-state index contributed by atoms with van der Waals surface area (Å²) < 4.78 is 32.3. The van der Waals surface area contributed by atoms with E-state index < -0.39 is 22.1 Å². The predicted molar refractivity (Wildman–Crippen MR) is 93.7 cm³/mol. The van der Waals surface area contributed by atoms with Crippen molar-refractivity contribution in [1.82, 2.24) is 4.31 Å². The molecule has 1 fully saturated rings. The average Bonchev–Trinajstić information content (AvgIpc) is 2.53. The molecule has 3 atom stereocenters. The van der Waals surface area contributed by atoms with E-state index in [1.807, 2.05) is 13.8 Å². The average molecular weight is 367 g/mol. The Balaban J connectivity index is 2.25. The highest BCUT2D eigenvalue weighted by atomic mass is 32.2. The summed E-state index contributed by atoms with van der Waals surface area (Å²) >= 11 is 0. The second-order valence-electron chi connectivity index (χ2n) is 6.95. The van der Waals surface area contributed by atoms with Crippen LogP contribution >= 0.6 is 0 Å². The summed E-state index contributed by atoms with van der Waals surface area (Å²) in [5.74, 6) is -0.389. The number of Topliss-reactive ketones (excluding diaryl/α,β-unsaturated/α-hetero) is 1. The van der Waals surface area contributed by atoms with Crippen molar-refractivity contribution in [3.8, 4) is 0 Å². The van der Waals surface area contributed by atoms with Gasteiger partial charge in [0.1, 0.15) is 0 Å². The fraction of sp³-hybridized carbons (Fsp3) is 0.556. The fourth-order valence-corrected chi connectivity index (χ4v) is 4.77. The number of nitrogens with zero attached hydrogens (tertiary/aromatic N) is 1. The molecule has 2 rings (SSSR count). The van der Waals surface area contributed by atoms with Crippen LogP contribution in [0.5, 0.6) is 0 Å². The van der Waals surface area contributed by atoms with Gasteiger partial charge in [0.25, 0.3) is 0 Å². The van der Waals surface area contributed by atoms with Gasteiger partial charge in [0, 0.05) is 13.1 Å². The highest BCUT2D eigenvalue weighted by Gasteiger charge is 2.32. The highest BCUT2D eigenvalue weighted by molar-refractivity contribution is 7.89. The summed E-state index contributed by atoms with van der Waals surface area (Å²) in [6.45, 7) is 7.84. The van der Waals surface area contributed by atoms with E-state index >= 15 is 0 Å².